The molecule has 1 heteroatoms. The molecule has 2 aromatic rings. The Morgan fingerprint density at radius 2 is 1.00 bits per heavy atom. The first-order valence-corrected chi connectivity index (χ1v) is 4.81. The van der Waals surface area contributed by atoms with Crippen LogP contribution in [-0.2, 0) is 0 Å². The van der Waals surface area contributed by atoms with E-state index in [9.17, 15) is 0 Å². The highest BCUT2D eigenvalue weighted by atomic mass is 14.6. The van der Waals surface area contributed by atoms with Gasteiger partial charge in [0.1, 0.15) is 6.04 Å². The van der Waals surface area contributed by atoms with E-state index in [-0.39, 0.29) is 6.04 Å². The van der Waals surface area contributed by atoms with Gasteiger partial charge in [-0.2, -0.15) is 0 Å². The number of hydrogen-bond acceptors (Lipinski definition) is 0. The molecule has 0 fully saturated rings. The number of quaternary nitrogens is 1. The molecule has 0 aliphatic heterocycles. The molecule has 14 heavy (non-hydrogen) atoms. The molecule has 0 aliphatic rings. The smallest absolute Gasteiger partial charge is 0.136 e. The largest absolute Gasteiger partial charge is 0.348 e. The minimum Gasteiger partial charge on any atom is -0.348 e. The molecule has 0 spiro atoms. The first kappa shape index (κ1) is 8.97. The Morgan fingerprint density at radius 1 is 0.643 bits per heavy atom. The van der Waals surface area contributed by atoms with Gasteiger partial charge < -0.3 is 5.73 Å². The van der Waals surface area contributed by atoms with Crippen molar-refractivity contribution in [2.24, 2.45) is 0 Å². The predicted octanol–water partition coefficient (Wildman–Crippen LogP) is 2.02. The first-order chi connectivity index (χ1) is 6.88. The van der Waals surface area contributed by atoms with Gasteiger partial charge in [-0.15, -0.1) is 0 Å². The van der Waals surface area contributed by atoms with Crippen LogP contribution in [-0.4, -0.2) is 0 Å². The third-order valence-electron chi connectivity index (χ3n) is 2.40. The number of benzene rings is 2. The van der Waals surface area contributed by atoms with Crippen molar-refractivity contribution in [3.8, 4) is 0 Å². The number of rotatable bonds is 2. The lowest BCUT2D eigenvalue weighted by molar-refractivity contribution is -0.411. The summed E-state index contributed by atoms with van der Waals surface area (Å²) in [7, 11) is 0. The van der Waals surface area contributed by atoms with E-state index in [0.29, 0.717) is 0 Å². The summed E-state index contributed by atoms with van der Waals surface area (Å²) in [4.78, 5) is 0. The Morgan fingerprint density at radius 3 is 1.36 bits per heavy atom. The Kier molecular flexibility index (Phi) is 2.61. The highest BCUT2D eigenvalue weighted by Crippen LogP contribution is 2.16. The van der Waals surface area contributed by atoms with Crippen molar-refractivity contribution >= 4 is 0 Å². The summed E-state index contributed by atoms with van der Waals surface area (Å²) in [5, 5.41) is 0. The lowest BCUT2D eigenvalue weighted by Crippen LogP contribution is -2.53. The second kappa shape index (κ2) is 4.07. The highest BCUT2D eigenvalue weighted by Gasteiger charge is 2.10. The van der Waals surface area contributed by atoms with Crippen molar-refractivity contribution in [1.82, 2.24) is 0 Å². The van der Waals surface area contributed by atoms with Crippen molar-refractivity contribution in [2.45, 2.75) is 6.04 Å². The second-order valence-corrected chi connectivity index (χ2v) is 3.37. The molecule has 0 aliphatic carbocycles. The Hall–Kier alpha value is -1.60. The summed E-state index contributed by atoms with van der Waals surface area (Å²) < 4.78 is 0. The quantitative estimate of drug-likeness (QED) is 0.739. The molecular weight excluding hydrogens is 170 g/mol. The molecule has 0 atom stereocenters. The fourth-order valence-electron chi connectivity index (χ4n) is 1.56. The van der Waals surface area contributed by atoms with Crippen LogP contribution in [0.3, 0.4) is 0 Å². The van der Waals surface area contributed by atoms with Gasteiger partial charge in [0, 0.05) is 11.1 Å². The van der Waals surface area contributed by atoms with Gasteiger partial charge in [0.25, 0.3) is 0 Å². The average molecular weight is 184 g/mol. The van der Waals surface area contributed by atoms with E-state index >= 15 is 0 Å². The maximum absolute atomic E-state index is 4.18. The summed E-state index contributed by atoms with van der Waals surface area (Å²) in [6.07, 6.45) is 0. The molecule has 0 amide bonds. The van der Waals surface area contributed by atoms with Gasteiger partial charge in [-0.25, -0.2) is 0 Å². The SMILES string of the molecule is [NH3+]C(c1ccccc1)c1ccccc1. The van der Waals surface area contributed by atoms with Crippen LogP contribution in [0, 0.1) is 0 Å². The Balaban J connectivity index is 2.30. The highest BCUT2D eigenvalue weighted by molar-refractivity contribution is 5.28. The van der Waals surface area contributed by atoms with Gasteiger partial charge in [0.15, 0.2) is 0 Å². The molecule has 0 saturated carbocycles. The van der Waals surface area contributed by atoms with Crippen molar-refractivity contribution in [2.75, 3.05) is 0 Å². The van der Waals surface area contributed by atoms with E-state index in [1.807, 2.05) is 12.1 Å². The molecule has 2 rings (SSSR count). The maximum atomic E-state index is 4.18. The van der Waals surface area contributed by atoms with Crippen molar-refractivity contribution in [3.63, 3.8) is 0 Å². The molecule has 0 aromatic heterocycles. The molecule has 2 aromatic carbocycles. The van der Waals surface area contributed by atoms with Gasteiger partial charge in [-0.1, -0.05) is 60.7 Å². The molecule has 1 nitrogen and oxygen atoms in total. The third kappa shape index (κ3) is 1.83. The van der Waals surface area contributed by atoms with Crippen molar-refractivity contribution in [1.29, 1.82) is 0 Å². The van der Waals surface area contributed by atoms with Crippen LogP contribution in [0.1, 0.15) is 17.2 Å². The van der Waals surface area contributed by atoms with E-state index in [1.54, 1.807) is 0 Å². The van der Waals surface area contributed by atoms with Crippen LogP contribution in [0.4, 0.5) is 0 Å². The van der Waals surface area contributed by atoms with Gasteiger partial charge >= 0.3 is 0 Å². The zero-order chi connectivity index (χ0) is 9.80. The molecule has 0 bridgehead atoms. The Bertz CT molecular complexity index is 341. The summed E-state index contributed by atoms with van der Waals surface area (Å²) in [6.45, 7) is 0. The van der Waals surface area contributed by atoms with Gasteiger partial charge in [0.05, 0.1) is 0 Å². The van der Waals surface area contributed by atoms with Crippen LogP contribution in [0.25, 0.3) is 0 Å². The fraction of sp³-hybridized carbons (Fsp3) is 0.0769. The number of hydrogen-bond donors (Lipinski definition) is 1. The zero-order valence-electron chi connectivity index (χ0n) is 8.06. The molecule has 0 radical (unpaired) electrons. The van der Waals surface area contributed by atoms with Crippen LogP contribution < -0.4 is 5.73 Å². The Labute approximate surface area is 84.2 Å². The van der Waals surface area contributed by atoms with Gasteiger partial charge in [-0.05, 0) is 0 Å². The normalized spacial score (nSPS) is 10.4. The van der Waals surface area contributed by atoms with E-state index < -0.39 is 0 Å². The fourth-order valence-corrected chi connectivity index (χ4v) is 1.56. The van der Waals surface area contributed by atoms with Gasteiger partial charge in [0.2, 0.25) is 0 Å². The molecule has 0 heterocycles. The third-order valence-corrected chi connectivity index (χ3v) is 2.40. The summed E-state index contributed by atoms with van der Waals surface area (Å²) >= 11 is 0. The lowest BCUT2D eigenvalue weighted by Gasteiger charge is -2.08. The lowest BCUT2D eigenvalue weighted by atomic mass is 10.00. The summed E-state index contributed by atoms with van der Waals surface area (Å²) in [6, 6.07) is 21.0. The zero-order valence-corrected chi connectivity index (χ0v) is 8.06. The van der Waals surface area contributed by atoms with Gasteiger partial charge in [-0.3, -0.25) is 0 Å². The topological polar surface area (TPSA) is 27.6 Å². The van der Waals surface area contributed by atoms with Crippen LogP contribution in [0.15, 0.2) is 60.7 Å². The van der Waals surface area contributed by atoms with E-state index in [1.165, 1.54) is 11.1 Å². The minimum absolute atomic E-state index is 0.234. The standard InChI is InChI=1S/C13H13N/c14-13(11-7-3-1-4-8-11)12-9-5-2-6-10-12/h1-10,13H,14H2/p+1. The van der Waals surface area contributed by atoms with E-state index in [2.05, 4.69) is 54.3 Å². The van der Waals surface area contributed by atoms with E-state index in [0.717, 1.165) is 0 Å². The molecular formula is C13H14N+. The monoisotopic (exact) mass is 184 g/mol. The van der Waals surface area contributed by atoms with Crippen molar-refractivity contribution < 1.29 is 5.73 Å². The van der Waals surface area contributed by atoms with Crippen LogP contribution in [0.2, 0.25) is 0 Å². The first-order valence-electron chi connectivity index (χ1n) is 4.81. The summed E-state index contributed by atoms with van der Waals surface area (Å²) in [5.74, 6) is 0. The van der Waals surface area contributed by atoms with Crippen LogP contribution >= 0.6 is 0 Å². The minimum atomic E-state index is 0.234. The predicted molar refractivity (Wildman–Crippen MR) is 57.6 cm³/mol. The average Bonchev–Trinajstić information content (AvgIpc) is 2.30. The molecule has 0 unspecified atom stereocenters. The molecule has 0 saturated heterocycles. The van der Waals surface area contributed by atoms with Crippen molar-refractivity contribution in [3.05, 3.63) is 71.8 Å². The van der Waals surface area contributed by atoms with E-state index in [4.69, 9.17) is 0 Å². The molecule has 70 valence electrons. The van der Waals surface area contributed by atoms with Crippen LogP contribution in [0.5, 0.6) is 0 Å². The maximum Gasteiger partial charge on any atom is 0.136 e. The second-order valence-electron chi connectivity index (χ2n) is 3.37. The summed E-state index contributed by atoms with van der Waals surface area (Å²) in [5.41, 5.74) is 6.70. The molecule has 3 N–H and O–H groups in total.